The van der Waals surface area contributed by atoms with E-state index >= 15 is 0 Å². The fourth-order valence-electron chi connectivity index (χ4n) is 9.04. The van der Waals surface area contributed by atoms with Gasteiger partial charge in [-0.3, -0.25) is 9.59 Å². The van der Waals surface area contributed by atoms with E-state index in [-0.39, 0.29) is 22.6 Å². The molecule has 0 bridgehead atoms. The van der Waals surface area contributed by atoms with Crippen molar-refractivity contribution in [2.75, 3.05) is 26.4 Å². The minimum absolute atomic E-state index is 0.114. The number of aliphatic hydroxyl groups is 14. The molecule has 4 fully saturated rings. The van der Waals surface area contributed by atoms with Crippen LogP contribution in [-0.2, 0) is 47.5 Å². The number of rotatable bonds is 19. The average molecular weight is 1190 g/mol. The van der Waals surface area contributed by atoms with Crippen LogP contribution in [0, 0.1) is 0 Å². The largest absolute Gasteiger partial charge is 0.508 e. The summed E-state index contributed by atoms with van der Waals surface area (Å²) in [7, 11) is 0. The highest BCUT2D eigenvalue weighted by Crippen LogP contribution is 2.49. The van der Waals surface area contributed by atoms with Crippen LogP contribution in [0.1, 0.15) is 29.2 Å². The van der Waals surface area contributed by atoms with Gasteiger partial charge in [0.1, 0.15) is 146 Å². The molecular formula is C51H60O32. The van der Waals surface area contributed by atoms with Crippen molar-refractivity contribution in [1.82, 2.24) is 0 Å². The Morgan fingerprint density at radius 1 is 0.530 bits per heavy atom. The summed E-state index contributed by atoms with van der Waals surface area (Å²) in [6.07, 6.45) is -37.0. The number of fused-ring (bicyclic) bond motifs is 1. The molecule has 0 saturated carbocycles. The summed E-state index contributed by atoms with van der Waals surface area (Å²) in [6, 6.07) is 9.55. The van der Waals surface area contributed by atoms with Gasteiger partial charge in [-0.15, -0.1) is 0 Å². The number of benzene rings is 3. The molecule has 8 rings (SSSR count). The molecule has 83 heavy (non-hydrogen) atoms. The van der Waals surface area contributed by atoms with Gasteiger partial charge in [0.2, 0.25) is 30.9 Å². The lowest BCUT2D eigenvalue weighted by Gasteiger charge is -2.41. The number of phenols is 3. The summed E-state index contributed by atoms with van der Waals surface area (Å²) >= 11 is 0. The molecule has 5 heterocycles. The van der Waals surface area contributed by atoms with Crippen LogP contribution in [0.4, 0.5) is 0 Å². The van der Waals surface area contributed by atoms with Crippen LogP contribution in [0.5, 0.6) is 40.2 Å². The number of carboxylic acids is 1. The van der Waals surface area contributed by atoms with Gasteiger partial charge in [0.15, 0.2) is 17.6 Å². The predicted molar refractivity (Wildman–Crippen MR) is 263 cm³/mol. The molecule has 0 radical (unpaired) electrons. The summed E-state index contributed by atoms with van der Waals surface area (Å²) in [6.45, 7) is -3.33. The lowest BCUT2D eigenvalue weighted by Crippen LogP contribution is -2.60. The Morgan fingerprint density at radius 2 is 0.988 bits per heavy atom. The molecule has 0 amide bonds. The number of hydrogen-bond donors (Lipinski definition) is 18. The predicted octanol–water partition coefficient (Wildman–Crippen LogP) is -6.08. The van der Waals surface area contributed by atoms with Gasteiger partial charge in [-0.25, -0.2) is 4.79 Å². The third-order valence-electron chi connectivity index (χ3n) is 13.7. The van der Waals surface area contributed by atoms with Crippen LogP contribution in [0.2, 0.25) is 0 Å². The number of aliphatic carboxylic acids is 1. The molecule has 4 saturated heterocycles. The average Bonchev–Trinajstić information content (AvgIpc) is 3.64. The third-order valence-corrected chi connectivity index (χ3v) is 13.7. The zero-order valence-electron chi connectivity index (χ0n) is 42.8. The first-order valence-corrected chi connectivity index (χ1v) is 25.2. The summed E-state index contributed by atoms with van der Waals surface area (Å²) < 4.78 is 61.8. The van der Waals surface area contributed by atoms with Crippen molar-refractivity contribution in [1.29, 1.82) is 0 Å². The van der Waals surface area contributed by atoms with E-state index in [2.05, 4.69) is 0 Å². The Hall–Kier alpha value is -6.77. The summed E-state index contributed by atoms with van der Waals surface area (Å²) in [5.74, 6) is -8.32. The number of ether oxygens (including phenoxy) is 11. The maximum atomic E-state index is 12.9. The topological polar surface area (TPSA) is 517 Å². The number of carbonyl (C=O) groups excluding carboxylic acids is 2. The maximum absolute atomic E-state index is 12.9. The zero-order chi connectivity index (χ0) is 60.3. The third kappa shape index (κ3) is 13.9. The second-order valence-corrected chi connectivity index (χ2v) is 19.5. The van der Waals surface area contributed by atoms with Crippen LogP contribution in [0.3, 0.4) is 0 Å². The van der Waals surface area contributed by atoms with Gasteiger partial charge in [-0.1, -0.05) is 12.1 Å². The van der Waals surface area contributed by atoms with Crippen LogP contribution in [-0.4, -0.2) is 259 Å². The number of carboxylic acid groups (broad SMARTS) is 1. The van der Waals surface area contributed by atoms with Crippen molar-refractivity contribution in [3.63, 3.8) is 0 Å². The number of esters is 2. The highest BCUT2D eigenvalue weighted by atomic mass is 16.7. The molecule has 32 heteroatoms. The van der Waals surface area contributed by atoms with Crippen molar-refractivity contribution in [3.05, 3.63) is 77.1 Å². The Balaban J connectivity index is 1.05. The SMILES string of the molecule is O=C(O)CC(=O)OC[C@@H]1O[C@@H](OC2=Cc3c(O)cc(O)cc3OC2c2cc(O[C@@H]3O[C@@H](CO)[C@@H](O)[C@H](O)[C@H]3O)c(O)c(O[C@@H]3O[C@H](COC(=O)/C=C/c4ccc(O[C@@H]5O[C@H](CO)[C@@H](O)[C@H](O)[C@H]5O)cc4)[C@@H](O)[C@H](O)[C@H]3O)c2)[C@@H](O)[C@@H](O)[C@@H]1O. The second-order valence-electron chi connectivity index (χ2n) is 19.5. The number of phenolic OH excluding ortho intramolecular Hbond substituents is 3. The van der Waals surface area contributed by atoms with Crippen molar-refractivity contribution < 1.29 is 158 Å². The molecule has 0 aromatic heterocycles. The molecule has 1 unspecified atom stereocenters. The van der Waals surface area contributed by atoms with Crippen molar-refractivity contribution in [2.24, 2.45) is 0 Å². The van der Waals surface area contributed by atoms with E-state index in [9.17, 15) is 101 Å². The first-order valence-electron chi connectivity index (χ1n) is 25.2. The molecule has 0 spiro atoms. The zero-order valence-corrected chi connectivity index (χ0v) is 42.8. The van der Waals surface area contributed by atoms with Crippen LogP contribution in [0.15, 0.2) is 60.4 Å². The molecule has 5 aliphatic rings. The van der Waals surface area contributed by atoms with Crippen molar-refractivity contribution in [3.8, 4) is 40.2 Å². The highest BCUT2D eigenvalue weighted by Gasteiger charge is 2.50. The molecule has 21 atom stereocenters. The fraction of sp³-hybridized carbons (Fsp3) is 0.510. The molecule has 3 aromatic rings. The molecule has 0 aliphatic carbocycles. The maximum Gasteiger partial charge on any atom is 0.330 e. The van der Waals surface area contributed by atoms with Crippen LogP contribution >= 0.6 is 0 Å². The number of carbonyl (C=O) groups is 3. The van der Waals surface area contributed by atoms with E-state index in [1.165, 1.54) is 30.3 Å². The van der Waals surface area contributed by atoms with E-state index < -0.39 is 214 Å². The molecular weight excluding hydrogens is 1120 g/mol. The van der Waals surface area contributed by atoms with Gasteiger partial charge in [0, 0.05) is 23.8 Å². The first-order chi connectivity index (χ1) is 39.4. The van der Waals surface area contributed by atoms with Gasteiger partial charge in [-0.05, 0) is 42.0 Å². The monoisotopic (exact) mass is 1180 g/mol. The molecule has 18 N–H and O–H groups in total. The van der Waals surface area contributed by atoms with Gasteiger partial charge in [-0.2, -0.15) is 0 Å². The van der Waals surface area contributed by atoms with E-state index in [1.807, 2.05) is 0 Å². The molecule has 456 valence electrons. The molecule has 3 aromatic carbocycles. The van der Waals surface area contributed by atoms with Crippen molar-refractivity contribution in [2.45, 2.75) is 135 Å². The van der Waals surface area contributed by atoms with E-state index in [0.717, 1.165) is 36.4 Å². The lowest BCUT2D eigenvalue weighted by atomic mass is 9.98. The quantitative estimate of drug-likeness (QED) is 0.0302. The van der Waals surface area contributed by atoms with E-state index in [4.69, 9.17) is 57.2 Å². The van der Waals surface area contributed by atoms with E-state index in [0.29, 0.717) is 5.56 Å². The van der Waals surface area contributed by atoms with Gasteiger partial charge in [0.05, 0.1) is 18.8 Å². The van der Waals surface area contributed by atoms with Gasteiger partial charge >= 0.3 is 17.9 Å². The molecule has 32 nitrogen and oxygen atoms in total. The van der Waals surface area contributed by atoms with Crippen molar-refractivity contribution >= 4 is 30.1 Å². The normalized spacial score (nSPS) is 35.3. The first kappa shape index (κ1) is 62.3. The Kier molecular flexibility index (Phi) is 19.8. The van der Waals surface area contributed by atoms with E-state index in [1.54, 1.807) is 0 Å². The minimum atomic E-state index is -2.19. The lowest BCUT2D eigenvalue weighted by molar-refractivity contribution is -0.294. The smallest absolute Gasteiger partial charge is 0.330 e. The van der Waals surface area contributed by atoms with Gasteiger partial charge < -0.3 is 144 Å². The highest BCUT2D eigenvalue weighted by molar-refractivity contribution is 5.90. The standard InChI is InChI=1S/C51H60O32/c52-13-27-35(61)39(65)43(69)48(80-27)75-20-4-1-17(2-5-20)3-6-32(58)73-15-29-37(63)41(67)45(71)50(82-29)78-25-8-18(7-24(34(25)60)77-49-44(70)40(66)36(62)28(14-53)81-49)47-26(11-21-22(55)9-19(54)10-23(21)76-47)79-51-46(72)42(68)38(64)30(83-51)16-74-33(59)12-31(56)57/h1-11,27-30,35-55,60-72H,12-16H2,(H,56,57)/b6-3+/t27-,28+,29-,30+,35-,36-,37-,38-,39+,40+,41+,42+,43-,44-,45-,46+,47?,48-,49-,50-,51-/m1/s1. The summed E-state index contributed by atoms with van der Waals surface area (Å²) in [4.78, 5) is 36.0. The van der Waals surface area contributed by atoms with Crippen LogP contribution < -0.4 is 18.9 Å². The molecule has 5 aliphatic heterocycles. The Labute approximate surface area is 466 Å². The Bertz CT molecular complexity index is 2810. The summed E-state index contributed by atoms with van der Waals surface area (Å²) in [5, 5.41) is 190. The number of hydrogen-bond acceptors (Lipinski definition) is 31. The van der Waals surface area contributed by atoms with Gasteiger partial charge in [0.25, 0.3) is 0 Å². The van der Waals surface area contributed by atoms with Crippen LogP contribution in [0.25, 0.3) is 12.2 Å². The number of aromatic hydroxyl groups is 3. The second kappa shape index (κ2) is 26.4. The Morgan fingerprint density at radius 3 is 1.48 bits per heavy atom. The number of aliphatic hydroxyl groups excluding tert-OH is 14. The fourth-order valence-corrected chi connectivity index (χ4v) is 9.04. The minimum Gasteiger partial charge on any atom is -0.508 e. The summed E-state index contributed by atoms with van der Waals surface area (Å²) in [5.41, 5.74) is -0.115.